The minimum Gasteiger partial charge on any atom is -0.276 e. The Morgan fingerprint density at radius 1 is 1.00 bits per heavy atom. The van der Waals surface area contributed by atoms with Gasteiger partial charge in [0.15, 0.2) is 6.33 Å². The standard InChI is InChI=1S/C12H9N3/c1-2-6-11-10(5-1)14-9-15(11)12-7-3-4-8-13-12/h1-9H/p+1. The quantitative estimate of drug-likeness (QED) is 0.592. The first kappa shape index (κ1) is 8.17. The lowest BCUT2D eigenvalue weighted by Gasteiger charge is -1.93. The molecule has 0 aliphatic rings. The van der Waals surface area contributed by atoms with Gasteiger partial charge in [-0.2, -0.15) is 4.57 Å². The molecule has 3 rings (SSSR count). The zero-order chi connectivity index (χ0) is 10.1. The summed E-state index contributed by atoms with van der Waals surface area (Å²) in [6.07, 6.45) is 3.72. The minimum absolute atomic E-state index is 0.926. The number of aromatic nitrogens is 3. The fourth-order valence-electron chi connectivity index (χ4n) is 1.70. The molecule has 0 amide bonds. The van der Waals surface area contributed by atoms with Gasteiger partial charge in [-0.25, -0.2) is 0 Å². The smallest absolute Gasteiger partial charge is 0.267 e. The van der Waals surface area contributed by atoms with E-state index in [1.807, 2.05) is 41.2 Å². The molecule has 0 aliphatic carbocycles. The lowest BCUT2D eigenvalue weighted by atomic mass is 10.3. The van der Waals surface area contributed by atoms with Crippen molar-refractivity contribution in [2.45, 2.75) is 0 Å². The summed E-state index contributed by atoms with van der Waals surface area (Å²) in [6.45, 7) is 0. The number of H-pyrrole nitrogens is 1. The van der Waals surface area contributed by atoms with Crippen molar-refractivity contribution in [3.05, 3.63) is 55.0 Å². The number of hydrogen-bond acceptors (Lipinski definition) is 1. The summed E-state index contributed by atoms with van der Waals surface area (Å²) in [5.74, 6) is 0.926. The number of para-hydroxylation sites is 2. The molecule has 0 radical (unpaired) electrons. The molecule has 72 valence electrons. The highest BCUT2D eigenvalue weighted by Gasteiger charge is 2.09. The van der Waals surface area contributed by atoms with E-state index in [-0.39, 0.29) is 0 Å². The lowest BCUT2D eigenvalue weighted by Crippen LogP contribution is -2.29. The molecule has 3 aromatic rings. The SMILES string of the molecule is c1ccc(-[n+]2c[nH]c3ccccc32)nc1. The molecular weight excluding hydrogens is 186 g/mol. The van der Waals surface area contributed by atoms with E-state index in [0.29, 0.717) is 0 Å². The molecule has 0 unspecified atom stereocenters. The Labute approximate surface area is 87.0 Å². The molecule has 2 heterocycles. The summed E-state index contributed by atoms with van der Waals surface area (Å²) in [6, 6.07) is 14.0. The zero-order valence-corrected chi connectivity index (χ0v) is 8.09. The van der Waals surface area contributed by atoms with Gasteiger partial charge in [-0.05, 0) is 18.2 Å². The number of nitrogens with one attached hydrogen (secondary N) is 1. The van der Waals surface area contributed by atoms with Gasteiger partial charge in [-0.15, -0.1) is 4.98 Å². The van der Waals surface area contributed by atoms with Crippen LogP contribution in [-0.4, -0.2) is 9.97 Å². The first-order valence-corrected chi connectivity index (χ1v) is 4.84. The fraction of sp³-hybridized carbons (Fsp3) is 0. The normalized spacial score (nSPS) is 10.7. The highest BCUT2D eigenvalue weighted by atomic mass is 15.1. The van der Waals surface area contributed by atoms with E-state index in [1.165, 1.54) is 0 Å². The van der Waals surface area contributed by atoms with E-state index in [4.69, 9.17) is 0 Å². The van der Waals surface area contributed by atoms with Gasteiger partial charge in [-0.1, -0.05) is 18.2 Å². The van der Waals surface area contributed by atoms with Crippen LogP contribution >= 0.6 is 0 Å². The Morgan fingerprint density at radius 3 is 2.73 bits per heavy atom. The van der Waals surface area contributed by atoms with Crippen molar-refractivity contribution in [2.75, 3.05) is 0 Å². The first-order chi connectivity index (χ1) is 7.45. The molecule has 0 bridgehead atoms. The maximum atomic E-state index is 4.31. The van der Waals surface area contributed by atoms with Crippen molar-refractivity contribution in [1.29, 1.82) is 0 Å². The van der Waals surface area contributed by atoms with Crippen LogP contribution in [-0.2, 0) is 0 Å². The number of rotatable bonds is 1. The Hall–Kier alpha value is -2.16. The van der Waals surface area contributed by atoms with Gasteiger partial charge in [0.25, 0.3) is 5.82 Å². The second-order valence-corrected chi connectivity index (χ2v) is 3.35. The van der Waals surface area contributed by atoms with E-state index < -0.39 is 0 Å². The summed E-state index contributed by atoms with van der Waals surface area (Å²) in [4.78, 5) is 7.52. The van der Waals surface area contributed by atoms with Crippen molar-refractivity contribution in [1.82, 2.24) is 9.97 Å². The zero-order valence-electron chi connectivity index (χ0n) is 8.09. The van der Waals surface area contributed by atoms with Crippen LogP contribution in [0.4, 0.5) is 0 Å². The van der Waals surface area contributed by atoms with Gasteiger partial charge < -0.3 is 0 Å². The first-order valence-electron chi connectivity index (χ1n) is 4.84. The molecule has 0 spiro atoms. The average molecular weight is 196 g/mol. The van der Waals surface area contributed by atoms with E-state index >= 15 is 0 Å². The molecular formula is C12H10N3+. The van der Waals surface area contributed by atoms with Gasteiger partial charge in [0.2, 0.25) is 0 Å². The maximum absolute atomic E-state index is 4.31. The van der Waals surface area contributed by atoms with Crippen molar-refractivity contribution in [2.24, 2.45) is 0 Å². The van der Waals surface area contributed by atoms with Gasteiger partial charge in [-0.3, -0.25) is 4.98 Å². The highest BCUT2D eigenvalue weighted by molar-refractivity contribution is 5.70. The number of pyridine rings is 1. The largest absolute Gasteiger partial charge is 0.276 e. The highest BCUT2D eigenvalue weighted by Crippen LogP contribution is 2.07. The molecule has 2 aromatic heterocycles. The van der Waals surface area contributed by atoms with Gasteiger partial charge in [0, 0.05) is 6.07 Å². The Bertz CT molecular complexity index is 584. The van der Waals surface area contributed by atoms with Crippen molar-refractivity contribution in [3.8, 4) is 5.82 Å². The third-order valence-corrected chi connectivity index (χ3v) is 2.41. The lowest BCUT2D eigenvalue weighted by molar-refractivity contribution is -0.571. The summed E-state index contributed by atoms with van der Waals surface area (Å²) in [5, 5.41) is 0. The molecule has 3 heteroatoms. The summed E-state index contributed by atoms with van der Waals surface area (Å²) >= 11 is 0. The van der Waals surface area contributed by atoms with Crippen LogP contribution in [0.1, 0.15) is 0 Å². The molecule has 1 aromatic carbocycles. The average Bonchev–Trinajstić information content (AvgIpc) is 2.74. The van der Waals surface area contributed by atoms with Crippen LogP contribution in [0.5, 0.6) is 0 Å². The van der Waals surface area contributed by atoms with Crippen molar-refractivity contribution < 1.29 is 4.57 Å². The van der Waals surface area contributed by atoms with E-state index in [2.05, 4.69) is 22.1 Å². The van der Waals surface area contributed by atoms with Crippen LogP contribution < -0.4 is 4.57 Å². The second-order valence-electron chi connectivity index (χ2n) is 3.35. The van der Waals surface area contributed by atoms with Crippen LogP contribution in [0.15, 0.2) is 55.0 Å². The number of nitrogens with zero attached hydrogens (tertiary/aromatic N) is 2. The molecule has 0 saturated carbocycles. The number of imidazole rings is 1. The molecule has 0 saturated heterocycles. The monoisotopic (exact) mass is 196 g/mol. The second kappa shape index (κ2) is 3.20. The Morgan fingerprint density at radius 2 is 1.87 bits per heavy atom. The maximum Gasteiger partial charge on any atom is 0.267 e. The number of benzene rings is 1. The molecule has 0 atom stereocenters. The fourth-order valence-corrected chi connectivity index (χ4v) is 1.70. The van der Waals surface area contributed by atoms with Gasteiger partial charge in [0.1, 0.15) is 17.2 Å². The number of hydrogen-bond donors (Lipinski definition) is 1. The minimum atomic E-state index is 0.926. The molecule has 0 fully saturated rings. The molecule has 15 heavy (non-hydrogen) atoms. The molecule has 3 nitrogen and oxygen atoms in total. The van der Waals surface area contributed by atoms with Gasteiger partial charge >= 0.3 is 0 Å². The van der Waals surface area contributed by atoms with E-state index in [0.717, 1.165) is 16.9 Å². The van der Waals surface area contributed by atoms with Crippen LogP contribution in [0.25, 0.3) is 16.9 Å². The third-order valence-electron chi connectivity index (χ3n) is 2.41. The topological polar surface area (TPSA) is 32.6 Å². The Kier molecular flexibility index (Phi) is 1.75. The van der Waals surface area contributed by atoms with Crippen LogP contribution in [0.3, 0.4) is 0 Å². The Balaban J connectivity index is 2.28. The van der Waals surface area contributed by atoms with Crippen molar-refractivity contribution in [3.63, 3.8) is 0 Å². The summed E-state index contributed by atoms with van der Waals surface area (Å²) < 4.78 is 2.04. The number of fused-ring (bicyclic) bond motifs is 1. The van der Waals surface area contributed by atoms with Crippen molar-refractivity contribution >= 4 is 11.0 Å². The summed E-state index contributed by atoms with van der Waals surface area (Å²) in [7, 11) is 0. The predicted octanol–water partition coefficient (Wildman–Crippen LogP) is 1.84. The molecule has 0 aliphatic heterocycles. The van der Waals surface area contributed by atoms with E-state index in [1.54, 1.807) is 6.20 Å². The van der Waals surface area contributed by atoms with E-state index in [9.17, 15) is 0 Å². The van der Waals surface area contributed by atoms with Crippen LogP contribution in [0, 0.1) is 0 Å². The summed E-state index contributed by atoms with van der Waals surface area (Å²) in [5.41, 5.74) is 2.25. The predicted molar refractivity (Wildman–Crippen MR) is 57.6 cm³/mol. The van der Waals surface area contributed by atoms with Crippen LogP contribution in [0.2, 0.25) is 0 Å². The third kappa shape index (κ3) is 1.29. The molecule has 1 N–H and O–H groups in total. The number of aromatic amines is 1. The van der Waals surface area contributed by atoms with Gasteiger partial charge in [0.05, 0.1) is 0 Å².